The van der Waals surface area contributed by atoms with E-state index in [1.54, 1.807) is 7.11 Å². The van der Waals surface area contributed by atoms with Crippen LogP contribution in [-0.2, 0) is 24.6 Å². The number of carbonyl (C=O) groups is 1. The molecule has 2 aromatic rings. The lowest BCUT2D eigenvalue weighted by molar-refractivity contribution is 0.0634. The number of hydrogen-bond acceptors (Lipinski definition) is 4. The number of aryl methyl sites for hydroxylation is 2. The molecule has 1 aromatic carbocycles. The first-order chi connectivity index (χ1) is 17.6. The van der Waals surface area contributed by atoms with E-state index in [1.165, 1.54) is 57.2 Å². The Labute approximate surface area is 218 Å². The second-order valence-electron chi connectivity index (χ2n) is 10.7. The third-order valence-electron chi connectivity index (χ3n) is 8.04. The van der Waals surface area contributed by atoms with Crippen LogP contribution >= 0.6 is 0 Å². The van der Waals surface area contributed by atoms with Crippen LogP contribution in [0, 0.1) is 0 Å². The molecule has 0 bridgehead atoms. The standard InChI is InChI=1S/C30H46N4O2/c1-4-5-6-7-12-24-13-10-14-25(23-24)29-31-27(15-11-22-36-3)28(32(29)2)30(35)34-20-16-26(17-21-34)33-18-8-9-19-33/h10,13-14,23,26H,4-9,11-12,15-22H2,1-3H3. The highest BCUT2D eigenvalue weighted by molar-refractivity contribution is 5.94. The maximum Gasteiger partial charge on any atom is 0.272 e. The summed E-state index contributed by atoms with van der Waals surface area (Å²) in [4.78, 5) is 23.6. The maximum atomic E-state index is 13.8. The molecule has 0 unspecified atom stereocenters. The maximum absolute atomic E-state index is 13.8. The summed E-state index contributed by atoms with van der Waals surface area (Å²) in [6, 6.07) is 9.39. The fourth-order valence-corrected chi connectivity index (χ4v) is 5.95. The van der Waals surface area contributed by atoms with E-state index < -0.39 is 0 Å². The summed E-state index contributed by atoms with van der Waals surface area (Å²) >= 11 is 0. The Balaban J connectivity index is 1.52. The van der Waals surface area contributed by atoms with Crippen molar-refractivity contribution >= 4 is 5.91 Å². The first-order valence-electron chi connectivity index (χ1n) is 14.3. The Kier molecular flexibility index (Phi) is 9.99. The molecule has 0 radical (unpaired) electrons. The highest BCUT2D eigenvalue weighted by atomic mass is 16.5. The third-order valence-corrected chi connectivity index (χ3v) is 8.04. The molecule has 1 amide bonds. The van der Waals surface area contributed by atoms with Gasteiger partial charge in [-0.1, -0.05) is 44.4 Å². The van der Waals surface area contributed by atoms with Crippen LogP contribution < -0.4 is 0 Å². The van der Waals surface area contributed by atoms with Crippen molar-refractivity contribution in [2.45, 2.75) is 83.6 Å². The van der Waals surface area contributed by atoms with Gasteiger partial charge in [0, 0.05) is 45.5 Å². The summed E-state index contributed by atoms with van der Waals surface area (Å²) in [5.74, 6) is 1.03. The molecule has 0 N–H and O–H groups in total. The van der Waals surface area contributed by atoms with E-state index in [-0.39, 0.29) is 5.91 Å². The number of likely N-dealkylation sites (tertiary alicyclic amines) is 2. The predicted octanol–water partition coefficient (Wildman–Crippen LogP) is 5.49. The Bertz CT molecular complexity index is 971. The van der Waals surface area contributed by atoms with Crippen LogP contribution in [0.15, 0.2) is 24.3 Å². The van der Waals surface area contributed by atoms with E-state index >= 15 is 0 Å². The Morgan fingerprint density at radius 3 is 2.53 bits per heavy atom. The lowest BCUT2D eigenvalue weighted by Gasteiger charge is -2.36. The number of piperidine rings is 1. The Morgan fingerprint density at radius 2 is 1.81 bits per heavy atom. The quantitative estimate of drug-likeness (QED) is 0.366. The van der Waals surface area contributed by atoms with Gasteiger partial charge in [-0.05, 0) is 76.1 Å². The molecule has 2 saturated heterocycles. The summed E-state index contributed by atoms with van der Waals surface area (Å²) in [6.07, 6.45) is 12.6. The molecule has 3 heterocycles. The second-order valence-corrected chi connectivity index (χ2v) is 10.7. The van der Waals surface area contributed by atoms with Gasteiger partial charge in [0.1, 0.15) is 11.5 Å². The van der Waals surface area contributed by atoms with Gasteiger partial charge in [-0.25, -0.2) is 4.98 Å². The molecular formula is C30H46N4O2. The van der Waals surface area contributed by atoms with Crippen LogP contribution in [0.3, 0.4) is 0 Å². The molecule has 36 heavy (non-hydrogen) atoms. The third kappa shape index (κ3) is 6.57. The average Bonchev–Trinajstić information content (AvgIpc) is 3.55. The average molecular weight is 495 g/mol. The largest absolute Gasteiger partial charge is 0.385 e. The molecule has 0 saturated carbocycles. The fraction of sp³-hybridized carbons (Fsp3) is 0.667. The van der Waals surface area contributed by atoms with Crippen molar-refractivity contribution < 1.29 is 9.53 Å². The molecule has 6 nitrogen and oxygen atoms in total. The van der Waals surface area contributed by atoms with Crippen molar-refractivity contribution in [3.63, 3.8) is 0 Å². The zero-order chi connectivity index (χ0) is 25.3. The summed E-state index contributed by atoms with van der Waals surface area (Å²) < 4.78 is 7.35. The van der Waals surface area contributed by atoms with Crippen molar-refractivity contribution in [1.29, 1.82) is 0 Å². The number of nitrogens with zero attached hydrogens (tertiary/aromatic N) is 4. The topological polar surface area (TPSA) is 50.6 Å². The van der Waals surface area contributed by atoms with Crippen LogP contribution in [0.1, 0.15) is 86.5 Å². The lowest BCUT2D eigenvalue weighted by Crippen LogP contribution is -2.46. The zero-order valence-corrected chi connectivity index (χ0v) is 22.8. The summed E-state index contributed by atoms with van der Waals surface area (Å²) in [5.41, 5.74) is 4.12. The van der Waals surface area contributed by atoms with Gasteiger partial charge in [-0.2, -0.15) is 0 Å². The SMILES string of the molecule is CCCCCCc1cccc(-c2nc(CCCOC)c(C(=O)N3CCC(N4CCCC4)CC3)n2C)c1. The summed E-state index contributed by atoms with van der Waals surface area (Å²) in [6.45, 7) is 7.06. The molecule has 198 valence electrons. The zero-order valence-electron chi connectivity index (χ0n) is 22.8. The van der Waals surface area contributed by atoms with E-state index in [0.29, 0.717) is 12.6 Å². The first kappa shape index (κ1) is 26.9. The molecule has 0 atom stereocenters. The van der Waals surface area contributed by atoms with Gasteiger partial charge in [0.2, 0.25) is 0 Å². The highest BCUT2D eigenvalue weighted by Gasteiger charge is 2.31. The number of methoxy groups -OCH3 is 1. The number of hydrogen-bond donors (Lipinski definition) is 0. The molecule has 2 aliphatic heterocycles. The van der Waals surface area contributed by atoms with Gasteiger partial charge in [0.25, 0.3) is 5.91 Å². The number of imidazole rings is 1. The Morgan fingerprint density at radius 1 is 1.03 bits per heavy atom. The molecule has 6 heteroatoms. The van der Waals surface area contributed by atoms with E-state index in [4.69, 9.17) is 9.72 Å². The molecule has 0 aliphatic carbocycles. The Hall–Kier alpha value is -2.18. The number of benzene rings is 1. The molecule has 2 fully saturated rings. The van der Waals surface area contributed by atoms with Crippen molar-refractivity contribution in [2.24, 2.45) is 7.05 Å². The molecule has 0 spiro atoms. The predicted molar refractivity (Wildman–Crippen MR) is 146 cm³/mol. The number of rotatable bonds is 12. The molecule has 2 aliphatic rings. The lowest BCUT2D eigenvalue weighted by atomic mass is 10.0. The van der Waals surface area contributed by atoms with Gasteiger partial charge < -0.3 is 19.1 Å². The monoisotopic (exact) mass is 494 g/mol. The van der Waals surface area contributed by atoms with Gasteiger partial charge in [0.15, 0.2) is 0 Å². The van der Waals surface area contributed by atoms with Crippen LogP contribution in [0.2, 0.25) is 0 Å². The summed E-state index contributed by atoms with van der Waals surface area (Å²) in [7, 11) is 3.74. The minimum atomic E-state index is 0.138. The fourth-order valence-electron chi connectivity index (χ4n) is 5.95. The van der Waals surface area contributed by atoms with Crippen LogP contribution in [-0.4, -0.2) is 71.2 Å². The van der Waals surface area contributed by atoms with Gasteiger partial charge in [0.05, 0.1) is 5.69 Å². The number of ether oxygens (including phenoxy) is 1. The van der Waals surface area contributed by atoms with Crippen LogP contribution in [0.5, 0.6) is 0 Å². The smallest absolute Gasteiger partial charge is 0.272 e. The van der Waals surface area contributed by atoms with Crippen molar-refractivity contribution in [3.05, 3.63) is 41.2 Å². The summed E-state index contributed by atoms with van der Waals surface area (Å²) in [5, 5.41) is 0. The number of aromatic nitrogens is 2. The first-order valence-corrected chi connectivity index (χ1v) is 14.3. The van der Waals surface area contributed by atoms with E-state index in [2.05, 4.69) is 41.0 Å². The van der Waals surface area contributed by atoms with E-state index in [0.717, 1.165) is 68.0 Å². The minimum absolute atomic E-state index is 0.138. The minimum Gasteiger partial charge on any atom is -0.385 e. The van der Waals surface area contributed by atoms with Crippen LogP contribution in [0.25, 0.3) is 11.4 Å². The number of amides is 1. The van der Waals surface area contributed by atoms with Crippen molar-refractivity contribution in [3.8, 4) is 11.4 Å². The molecular weight excluding hydrogens is 448 g/mol. The van der Waals surface area contributed by atoms with Gasteiger partial charge >= 0.3 is 0 Å². The van der Waals surface area contributed by atoms with Crippen molar-refractivity contribution in [1.82, 2.24) is 19.4 Å². The van der Waals surface area contributed by atoms with Gasteiger partial charge in [-0.3, -0.25) is 4.79 Å². The van der Waals surface area contributed by atoms with E-state index in [1.807, 2.05) is 11.6 Å². The van der Waals surface area contributed by atoms with E-state index in [9.17, 15) is 4.79 Å². The van der Waals surface area contributed by atoms with Crippen molar-refractivity contribution in [2.75, 3.05) is 39.9 Å². The molecule has 1 aromatic heterocycles. The highest BCUT2D eigenvalue weighted by Crippen LogP contribution is 2.27. The molecule has 4 rings (SSSR count). The van der Waals surface area contributed by atoms with Gasteiger partial charge in [-0.15, -0.1) is 0 Å². The number of carbonyl (C=O) groups excluding carboxylic acids is 1. The number of unbranched alkanes of at least 4 members (excludes halogenated alkanes) is 3. The normalized spacial score (nSPS) is 17.2. The van der Waals surface area contributed by atoms with Crippen LogP contribution in [0.4, 0.5) is 0 Å². The second kappa shape index (κ2) is 13.4.